The van der Waals surface area contributed by atoms with Gasteiger partial charge in [0.05, 0.1) is 0 Å². The molecule has 1 aliphatic rings. The number of carbonyl (C=O) groups is 1. The van der Waals surface area contributed by atoms with Crippen LogP contribution in [-0.4, -0.2) is 24.5 Å². The van der Waals surface area contributed by atoms with Crippen LogP contribution in [0.25, 0.3) is 0 Å². The maximum Gasteiger partial charge on any atom is 0.251 e. The van der Waals surface area contributed by atoms with Crippen LogP contribution in [0.15, 0.2) is 24.3 Å². The highest BCUT2D eigenvalue weighted by Gasteiger charge is 2.22. The average molecular weight is 253 g/mol. The molecule has 92 valence electrons. The van der Waals surface area contributed by atoms with Gasteiger partial charge in [0.1, 0.15) is 0 Å². The Bertz CT molecular complexity index is 408. The second-order valence-electron chi connectivity index (χ2n) is 4.48. The summed E-state index contributed by atoms with van der Waals surface area (Å²) in [5.41, 5.74) is 0.621. The van der Waals surface area contributed by atoms with Crippen molar-refractivity contribution in [3.63, 3.8) is 0 Å². The summed E-state index contributed by atoms with van der Waals surface area (Å²) in [6.45, 7) is 3.13. The molecule has 1 amide bonds. The van der Waals surface area contributed by atoms with Crippen LogP contribution in [0.5, 0.6) is 0 Å². The van der Waals surface area contributed by atoms with E-state index < -0.39 is 0 Å². The molecule has 4 heteroatoms. The van der Waals surface area contributed by atoms with Gasteiger partial charge < -0.3 is 10.6 Å². The number of halogens is 1. The SMILES string of the molecule is CC1NCCCC1NC(=O)c1cccc(Cl)c1. The van der Waals surface area contributed by atoms with Gasteiger partial charge in [-0.3, -0.25) is 4.79 Å². The van der Waals surface area contributed by atoms with Crippen molar-refractivity contribution >= 4 is 17.5 Å². The van der Waals surface area contributed by atoms with Crippen molar-refractivity contribution in [3.8, 4) is 0 Å². The van der Waals surface area contributed by atoms with Gasteiger partial charge in [0.2, 0.25) is 0 Å². The Morgan fingerprint density at radius 2 is 2.35 bits per heavy atom. The van der Waals surface area contributed by atoms with Crippen LogP contribution in [0.2, 0.25) is 5.02 Å². The lowest BCUT2D eigenvalue weighted by Gasteiger charge is -2.30. The largest absolute Gasteiger partial charge is 0.348 e. The van der Waals surface area contributed by atoms with Gasteiger partial charge in [0.15, 0.2) is 0 Å². The fourth-order valence-electron chi connectivity index (χ4n) is 2.12. The van der Waals surface area contributed by atoms with Crippen LogP contribution in [0.1, 0.15) is 30.1 Å². The number of carbonyl (C=O) groups excluding carboxylic acids is 1. The Morgan fingerprint density at radius 3 is 3.06 bits per heavy atom. The second-order valence-corrected chi connectivity index (χ2v) is 4.91. The number of hydrogen-bond donors (Lipinski definition) is 2. The van der Waals surface area contributed by atoms with Crippen LogP contribution < -0.4 is 10.6 Å². The van der Waals surface area contributed by atoms with E-state index in [0.717, 1.165) is 19.4 Å². The molecule has 0 aromatic heterocycles. The van der Waals surface area contributed by atoms with E-state index in [-0.39, 0.29) is 11.9 Å². The third kappa shape index (κ3) is 3.20. The average Bonchev–Trinajstić information content (AvgIpc) is 2.32. The Morgan fingerprint density at radius 1 is 1.53 bits per heavy atom. The maximum atomic E-state index is 12.0. The Kier molecular flexibility index (Phi) is 4.02. The van der Waals surface area contributed by atoms with E-state index >= 15 is 0 Å². The fourth-order valence-corrected chi connectivity index (χ4v) is 2.31. The van der Waals surface area contributed by atoms with Crippen LogP contribution >= 0.6 is 11.6 Å². The molecule has 1 aliphatic heterocycles. The monoisotopic (exact) mass is 252 g/mol. The number of benzene rings is 1. The van der Waals surface area contributed by atoms with Crippen LogP contribution in [0, 0.1) is 0 Å². The lowest BCUT2D eigenvalue weighted by molar-refractivity contribution is 0.0920. The molecule has 17 heavy (non-hydrogen) atoms. The van der Waals surface area contributed by atoms with E-state index in [0.29, 0.717) is 16.6 Å². The number of hydrogen-bond acceptors (Lipinski definition) is 2. The molecule has 0 aliphatic carbocycles. The molecule has 0 radical (unpaired) electrons. The van der Waals surface area contributed by atoms with Crippen molar-refractivity contribution in [3.05, 3.63) is 34.9 Å². The van der Waals surface area contributed by atoms with Crippen LogP contribution in [0.4, 0.5) is 0 Å². The van der Waals surface area contributed by atoms with Crippen molar-refractivity contribution in [2.45, 2.75) is 31.8 Å². The van der Waals surface area contributed by atoms with E-state index in [1.165, 1.54) is 0 Å². The first-order valence-corrected chi connectivity index (χ1v) is 6.34. The zero-order valence-electron chi connectivity index (χ0n) is 9.87. The summed E-state index contributed by atoms with van der Waals surface area (Å²) in [4.78, 5) is 12.0. The van der Waals surface area contributed by atoms with Crippen molar-refractivity contribution in [1.29, 1.82) is 0 Å². The maximum absolute atomic E-state index is 12.0. The molecule has 2 atom stereocenters. The van der Waals surface area contributed by atoms with Crippen LogP contribution in [-0.2, 0) is 0 Å². The van der Waals surface area contributed by atoms with Crippen molar-refractivity contribution in [2.75, 3.05) is 6.54 Å². The molecule has 1 saturated heterocycles. The molecular weight excluding hydrogens is 236 g/mol. The highest BCUT2D eigenvalue weighted by molar-refractivity contribution is 6.30. The van der Waals surface area contributed by atoms with Crippen molar-refractivity contribution < 1.29 is 4.79 Å². The first kappa shape index (κ1) is 12.4. The predicted molar refractivity (Wildman–Crippen MR) is 69.4 cm³/mol. The normalized spacial score (nSPS) is 24.4. The summed E-state index contributed by atoms with van der Waals surface area (Å²) in [5.74, 6) is -0.0481. The summed E-state index contributed by atoms with van der Waals surface area (Å²) >= 11 is 5.87. The van der Waals surface area contributed by atoms with Gasteiger partial charge in [-0.2, -0.15) is 0 Å². The summed E-state index contributed by atoms with van der Waals surface area (Å²) < 4.78 is 0. The highest BCUT2D eigenvalue weighted by Crippen LogP contribution is 2.13. The Balaban J connectivity index is 2.01. The Labute approximate surface area is 107 Å². The summed E-state index contributed by atoms with van der Waals surface area (Å²) in [6, 6.07) is 7.56. The van der Waals surface area contributed by atoms with E-state index in [4.69, 9.17) is 11.6 Å². The quantitative estimate of drug-likeness (QED) is 0.847. The molecule has 0 spiro atoms. The smallest absolute Gasteiger partial charge is 0.251 e. The number of piperidine rings is 1. The summed E-state index contributed by atoms with van der Waals surface area (Å²) in [5, 5.41) is 7.00. The second kappa shape index (κ2) is 5.52. The van der Waals surface area contributed by atoms with Gasteiger partial charge >= 0.3 is 0 Å². The van der Waals surface area contributed by atoms with Crippen LogP contribution in [0.3, 0.4) is 0 Å². The molecule has 2 rings (SSSR count). The minimum Gasteiger partial charge on any atom is -0.348 e. The first-order chi connectivity index (χ1) is 8.16. The molecular formula is C13H17ClN2O. The van der Waals surface area contributed by atoms with Crippen molar-refractivity contribution in [1.82, 2.24) is 10.6 Å². The standard InChI is InChI=1S/C13H17ClN2O/c1-9-12(6-3-7-15-9)16-13(17)10-4-2-5-11(14)8-10/h2,4-5,8-9,12,15H,3,6-7H2,1H3,(H,16,17). The number of nitrogens with one attached hydrogen (secondary N) is 2. The third-order valence-electron chi connectivity index (χ3n) is 3.17. The molecule has 1 heterocycles. The number of rotatable bonds is 2. The lowest BCUT2D eigenvalue weighted by atomic mass is 9.99. The first-order valence-electron chi connectivity index (χ1n) is 5.96. The summed E-state index contributed by atoms with van der Waals surface area (Å²) in [7, 11) is 0. The van der Waals surface area contributed by atoms with Gasteiger partial charge in [-0.05, 0) is 44.5 Å². The minimum absolute atomic E-state index is 0.0481. The van der Waals surface area contributed by atoms with Gasteiger partial charge in [-0.25, -0.2) is 0 Å². The zero-order chi connectivity index (χ0) is 12.3. The zero-order valence-corrected chi connectivity index (χ0v) is 10.6. The van der Waals surface area contributed by atoms with Gasteiger partial charge in [0.25, 0.3) is 5.91 Å². The molecule has 3 nitrogen and oxygen atoms in total. The molecule has 0 saturated carbocycles. The van der Waals surface area contributed by atoms with Gasteiger partial charge in [0, 0.05) is 22.7 Å². The van der Waals surface area contributed by atoms with E-state index in [1.807, 2.05) is 0 Å². The topological polar surface area (TPSA) is 41.1 Å². The summed E-state index contributed by atoms with van der Waals surface area (Å²) in [6.07, 6.45) is 2.13. The van der Waals surface area contributed by atoms with E-state index in [9.17, 15) is 4.79 Å². The number of amides is 1. The fraction of sp³-hybridized carbons (Fsp3) is 0.462. The van der Waals surface area contributed by atoms with E-state index in [1.54, 1.807) is 24.3 Å². The lowest BCUT2D eigenvalue weighted by Crippen LogP contribution is -2.51. The van der Waals surface area contributed by atoms with Gasteiger partial charge in [-0.15, -0.1) is 0 Å². The molecule has 1 aromatic carbocycles. The molecule has 2 N–H and O–H groups in total. The molecule has 1 aromatic rings. The van der Waals surface area contributed by atoms with E-state index in [2.05, 4.69) is 17.6 Å². The minimum atomic E-state index is -0.0481. The van der Waals surface area contributed by atoms with Gasteiger partial charge in [-0.1, -0.05) is 17.7 Å². The van der Waals surface area contributed by atoms with Crippen molar-refractivity contribution in [2.24, 2.45) is 0 Å². The predicted octanol–water partition coefficient (Wildman–Crippen LogP) is 2.21. The molecule has 1 fully saturated rings. The molecule has 0 bridgehead atoms. The highest BCUT2D eigenvalue weighted by atomic mass is 35.5. The third-order valence-corrected chi connectivity index (χ3v) is 3.40. The molecule has 2 unspecified atom stereocenters. The Hall–Kier alpha value is -1.06.